The highest BCUT2D eigenvalue weighted by Gasteiger charge is 2.42. The molecule has 0 saturated carbocycles. The van der Waals surface area contributed by atoms with Crippen LogP contribution in [0.3, 0.4) is 0 Å². The van der Waals surface area contributed by atoms with Gasteiger partial charge in [0, 0.05) is 0 Å². The lowest BCUT2D eigenvalue weighted by molar-refractivity contribution is -0.137. The van der Waals surface area contributed by atoms with E-state index in [0.717, 1.165) is 0 Å². The van der Waals surface area contributed by atoms with Gasteiger partial charge in [-0.05, 0) is 30.0 Å². The van der Waals surface area contributed by atoms with Crippen LogP contribution in [0.1, 0.15) is 17.5 Å². The largest absolute Gasteiger partial charge is 0.375 e. The van der Waals surface area contributed by atoms with Crippen LogP contribution >= 0.6 is 0 Å². The summed E-state index contributed by atoms with van der Waals surface area (Å²) >= 11 is 0. The number of halogens is 1. The number of aliphatic hydroxyl groups is 1. The van der Waals surface area contributed by atoms with Gasteiger partial charge in [-0.15, -0.1) is 0 Å². The van der Waals surface area contributed by atoms with Crippen molar-refractivity contribution >= 4 is 5.91 Å². The fraction of sp³-hybridized carbons (Fsp3) is 0.300. The van der Waals surface area contributed by atoms with Crippen LogP contribution in [0.2, 0.25) is 0 Å². The fourth-order valence-electron chi connectivity index (χ4n) is 1.90. The number of fused-ring (bicyclic) bond motifs is 1. The molecule has 3 nitrogen and oxygen atoms in total. The predicted octanol–water partition coefficient (Wildman–Crippen LogP) is 0.445. The molecule has 0 aromatic heterocycles. The summed E-state index contributed by atoms with van der Waals surface area (Å²) in [7, 11) is 0. The molecule has 1 aliphatic carbocycles. The second-order valence-electron chi connectivity index (χ2n) is 3.49. The first-order chi connectivity index (χ1) is 6.55. The quantitative estimate of drug-likeness (QED) is 0.683. The Kier molecular flexibility index (Phi) is 1.82. The van der Waals surface area contributed by atoms with Gasteiger partial charge < -0.3 is 10.8 Å². The highest BCUT2D eigenvalue weighted by Crippen LogP contribution is 2.37. The smallest absolute Gasteiger partial charge is 0.254 e. The van der Waals surface area contributed by atoms with Crippen LogP contribution in [0, 0.1) is 5.82 Å². The number of amides is 1. The number of carbonyl (C=O) groups excluding carboxylic acids is 1. The summed E-state index contributed by atoms with van der Waals surface area (Å²) in [4.78, 5) is 11.0. The van der Waals surface area contributed by atoms with E-state index in [1.54, 1.807) is 0 Å². The molecule has 0 heterocycles. The third-order valence-electron chi connectivity index (χ3n) is 2.71. The molecule has 0 fully saturated rings. The number of hydrogen-bond acceptors (Lipinski definition) is 2. The molecule has 1 aromatic carbocycles. The van der Waals surface area contributed by atoms with E-state index >= 15 is 0 Å². The number of nitrogens with two attached hydrogens (primary N) is 1. The molecular formula is C10H10FNO2. The SMILES string of the molecule is NC(=O)C1(O)CCc2c(F)cccc21. The van der Waals surface area contributed by atoms with Crippen LogP contribution in [-0.2, 0) is 16.8 Å². The highest BCUT2D eigenvalue weighted by molar-refractivity contribution is 5.86. The molecule has 14 heavy (non-hydrogen) atoms. The van der Waals surface area contributed by atoms with Gasteiger partial charge in [-0.3, -0.25) is 4.79 Å². The Morgan fingerprint density at radius 2 is 2.29 bits per heavy atom. The third kappa shape index (κ3) is 1.04. The minimum absolute atomic E-state index is 0.165. The second kappa shape index (κ2) is 2.78. The third-order valence-corrected chi connectivity index (χ3v) is 2.71. The average Bonchev–Trinajstić information content (AvgIpc) is 2.47. The van der Waals surface area contributed by atoms with Crippen molar-refractivity contribution in [1.29, 1.82) is 0 Å². The van der Waals surface area contributed by atoms with E-state index in [1.807, 2.05) is 0 Å². The molecule has 1 unspecified atom stereocenters. The molecular weight excluding hydrogens is 185 g/mol. The number of primary amides is 1. The maximum atomic E-state index is 13.2. The first-order valence-electron chi connectivity index (χ1n) is 4.36. The van der Waals surface area contributed by atoms with Gasteiger partial charge in [-0.1, -0.05) is 12.1 Å². The van der Waals surface area contributed by atoms with Crippen molar-refractivity contribution in [3.63, 3.8) is 0 Å². The zero-order valence-corrected chi connectivity index (χ0v) is 7.46. The van der Waals surface area contributed by atoms with Crippen LogP contribution in [0.25, 0.3) is 0 Å². The normalized spacial score (nSPS) is 24.7. The van der Waals surface area contributed by atoms with Gasteiger partial charge in [-0.25, -0.2) is 4.39 Å². The maximum absolute atomic E-state index is 13.2. The van der Waals surface area contributed by atoms with Gasteiger partial charge in [-0.2, -0.15) is 0 Å². The van der Waals surface area contributed by atoms with Crippen molar-refractivity contribution in [3.05, 3.63) is 35.1 Å². The van der Waals surface area contributed by atoms with Crippen LogP contribution in [0.15, 0.2) is 18.2 Å². The van der Waals surface area contributed by atoms with Crippen molar-refractivity contribution in [2.24, 2.45) is 5.73 Å². The molecule has 1 amide bonds. The molecule has 0 aliphatic heterocycles. The van der Waals surface area contributed by atoms with Crippen LogP contribution in [0.4, 0.5) is 4.39 Å². The minimum Gasteiger partial charge on any atom is -0.375 e. The van der Waals surface area contributed by atoms with Crippen LogP contribution in [0.5, 0.6) is 0 Å². The summed E-state index contributed by atoms with van der Waals surface area (Å²) in [6, 6.07) is 4.31. The van der Waals surface area contributed by atoms with Crippen LogP contribution < -0.4 is 5.73 Å². The molecule has 74 valence electrons. The van der Waals surface area contributed by atoms with E-state index in [0.29, 0.717) is 17.5 Å². The van der Waals surface area contributed by atoms with E-state index < -0.39 is 11.5 Å². The molecule has 0 saturated heterocycles. The molecule has 1 atom stereocenters. The number of rotatable bonds is 1. The van der Waals surface area contributed by atoms with Gasteiger partial charge in [0.25, 0.3) is 5.91 Å². The van der Waals surface area contributed by atoms with E-state index in [-0.39, 0.29) is 12.2 Å². The van der Waals surface area contributed by atoms with E-state index in [9.17, 15) is 14.3 Å². The lowest BCUT2D eigenvalue weighted by Crippen LogP contribution is -2.39. The number of benzene rings is 1. The van der Waals surface area contributed by atoms with Gasteiger partial charge >= 0.3 is 0 Å². The Labute approximate surface area is 80.3 Å². The summed E-state index contributed by atoms with van der Waals surface area (Å²) in [6.45, 7) is 0. The fourth-order valence-corrected chi connectivity index (χ4v) is 1.90. The first kappa shape index (κ1) is 9.15. The summed E-state index contributed by atoms with van der Waals surface area (Å²) in [6.07, 6.45) is 0.514. The molecule has 4 heteroatoms. The summed E-state index contributed by atoms with van der Waals surface area (Å²) < 4.78 is 13.2. The molecule has 0 bridgehead atoms. The van der Waals surface area contributed by atoms with Crippen molar-refractivity contribution in [2.45, 2.75) is 18.4 Å². The summed E-state index contributed by atoms with van der Waals surface area (Å²) in [5, 5.41) is 9.90. The van der Waals surface area contributed by atoms with Crippen molar-refractivity contribution in [2.75, 3.05) is 0 Å². The van der Waals surface area contributed by atoms with Gasteiger partial charge in [0.15, 0.2) is 5.60 Å². The topological polar surface area (TPSA) is 63.3 Å². The van der Waals surface area contributed by atoms with Crippen molar-refractivity contribution in [3.8, 4) is 0 Å². The Morgan fingerprint density at radius 1 is 1.57 bits per heavy atom. The number of carbonyl (C=O) groups is 1. The highest BCUT2D eigenvalue weighted by atomic mass is 19.1. The lowest BCUT2D eigenvalue weighted by Gasteiger charge is -2.19. The molecule has 0 radical (unpaired) electrons. The first-order valence-corrected chi connectivity index (χ1v) is 4.36. The Hall–Kier alpha value is -1.42. The molecule has 2 rings (SSSR count). The zero-order valence-electron chi connectivity index (χ0n) is 7.46. The van der Waals surface area contributed by atoms with Crippen molar-refractivity contribution in [1.82, 2.24) is 0 Å². The van der Waals surface area contributed by atoms with Gasteiger partial charge in [0.05, 0.1) is 0 Å². The Bertz CT molecular complexity index is 405. The standard InChI is InChI=1S/C10H10FNO2/c11-8-3-1-2-7-6(8)4-5-10(7,14)9(12)13/h1-3,14H,4-5H2,(H2,12,13). The van der Waals surface area contributed by atoms with Crippen LogP contribution in [-0.4, -0.2) is 11.0 Å². The molecule has 1 aromatic rings. The Balaban J connectivity index is 2.60. The van der Waals surface area contributed by atoms with E-state index in [4.69, 9.17) is 5.73 Å². The zero-order chi connectivity index (χ0) is 10.3. The molecule has 1 aliphatic rings. The number of hydrogen-bond donors (Lipinski definition) is 2. The summed E-state index contributed by atoms with van der Waals surface area (Å²) in [5.74, 6) is -1.21. The lowest BCUT2D eigenvalue weighted by atomic mass is 9.95. The maximum Gasteiger partial charge on any atom is 0.254 e. The molecule has 3 N–H and O–H groups in total. The predicted molar refractivity (Wildman–Crippen MR) is 47.8 cm³/mol. The van der Waals surface area contributed by atoms with E-state index in [2.05, 4.69) is 0 Å². The van der Waals surface area contributed by atoms with Crippen molar-refractivity contribution < 1.29 is 14.3 Å². The van der Waals surface area contributed by atoms with Gasteiger partial charge in [0.2, 0.25) is 0 Å². The minimum atomic E-state index is -1.68. The summed E-state index contributed by atoms with van der Waals surface area (Å²) in [5.41, 5.74) is 4.11. The average molecular weight is 195 g/mol. The van der Waals surface area contributed by atoms with E-state index in [1.165, 1.54) is 18.2 Å². The monoisotopic (exact) mass is 195 g/mol. The Morgan fingerprint density at radius 3 is 2.93 bits per heavy atom. The van der Waals surface area contributed by atoms with Gasteiger partial charge in [0.1, 0.15) is 5.82 Å². The molecule has 0 spiro atoms. The second-order valence-corrected chi connectivity index (χ2v) is 3.49.